The second-order valence-electron chi connectivity index (χ2n) is 8.07. The van der Waals surface area contributed by atoms with Crippen LogP contribution in [-0.2, 0) is 28.4 Å². The zero-order valence-corrected chi connectivity index (χ0v) is 20.6. The molecule has 1 aliphatic heterocycles. The van der Waals surface area contributed by atoms with Gasteiger partial charge in [0.2, 0.25) is 0 Å². The van der Waals surface area contributed by atoms with Gasteiger partial charge in [0.1, 0.15) is 0 Å². The van der Waals surface area contributed by atoms with Crippen LogP contribution in [0.5, 0.6) is 0 Å². The zero-order chi connectivity index (χ0) is 21.1. The van der Waals surface area contributed by atoms with Crippen molar-refractivity contribution in [1.29, 1.82) is 0 Å². The molecule has 32 heavy (non-hydrogen) atoms. The van der Waals surface area contributed by atoms with Crippen LogP contribution in [0.15, 0.2) is 53.2 Å². The number of rotatable bonds is 5. The fraction of sp³-hybridized carbons (Fsp3) is 0.360. The number of fused-ring (bicyclic) bond motifs is 1. The molecule has 7 heteroatoms. The minimum Gasteiger partial charge on any atom is -0.513 e. The first kappa shape index (κ1) is 26.9. The molecule has 1 heterocycles. The summed E-state index contributed by atoms with van der Waals surface area (Å²) in [4.78, 5) is 6.90. The average Bonchev–Trinajstić information content (AvgIpc) is 2.72. The number of aliphatic imine (C=N–C) groups is 1. The van der Waals surface area contributed by atoms with E-state index in [1.54, 1.807) is 0 Å². The molecule has 0 N–H and O–H groups in total. The molecular formula is C25H28ClLiN2O2S-2. The fourth-order valence-corrected chi connectivity index (χ4v) is 5.28. The van der Waals surface area contributed by atoms with Crippen LogP contribution in [0.2, 0.25) is 5.02 Å². The van der Waals surface area contributed by atoms with Gasteiger partial charge >= 0.3 is 18.9 Å². The van der Waals surface area contributed by atoms with Gasteiger partial charge in [-0.1, -0.05) is 36.8 Å². The number of sulfone groups is 1. The van der Waals surface area contributed by atoms with E-state index in [0.29, 0.717) is 11.1 Å². The molecule has 2 aliphatic rings. The number of halogens is 1. The molecule has 0 saturated carbocycles. The summed E-state index contributed by atoms with van der Waals surface area (Å²) in [7, 11) is -3.05. The topological polar surface area (TPSA) is 49.7 Å². The van der Waals surface area contributed by atoms with E-state index >= 15 is 0 Å². The Kier molecular flexibility index (Phi) is 9.81. The van der Waals surface area contributed by atoms with Gasteiger partial charge in [0.05, 0.1) is 5.75 Å². The quantitative estimate of drug-likeness (QED) is 0.385. The molecule has 0 saturated heterocycles. The van der Waals surface area contributed by atoms with Crippen molar-refractivity contribution in [1.82, 2.24) is 4.90 Å². The van der Waals surface area contributed by atoms with Crippen molar-refractivity contribution in [3.8, 4) is 0 Å². The van der Waals surface area contributed by atoms with E-state index in [1.807, 2.05) is 36.4 Å². The Hall–Kier alpha value is -1.35. The number of benzene rings is 2. The predicted octanol–water partition coefficient (Wildman–Crippen LogP) is 1.59. The van der Waals surface area contributed by atoms with Crippen molar-refractivity contribution >= 4 is 27.7 Å². The number of hydrogen-bond donors (Lipinski definition) is 0. The van der Waals surface area contributed by atoms with Gasteiger partial charge in [-0.15, -0.1) is 35.8 Å². The van der Waals surface area contributed by atoms with E-state index in [9.17, 15) is 8.42 Å². The summed E-state index contributed by atoms with van der Waals surface area (Å²) < 4.78 is 23.7. The summed E-state index contributed by atoms with van der Waals surface area (Å²) in [6.07, 6.45) is 11.5. The van der Waals surface area contributed by atoms with Crippen molar-refractivity contribution in [2.24, 2.45) is 4.99 Å². The largest absolute Gasteiger partial charge is 1.00 e. The fourth-order valence-electron chi connectivity index (χ4n) is 4.27. The SMILES string of the molecule is CS(=O)(=O)Cc1cccc2c1CC(N1C[C-]=C(N=[C-]c3ccccc3Cl)CC1)CC2.[CH3-].[Li+]. The molecular weight excluding hydrogens is 435 g/mol. The molecule has 0 aromatic heterocycles. The van der Waals surface area contributed by atoms with Gasteiger partial charge in [0.25, 0.3) is 0 Å². The zero-order valence-electron chi connectivity index (χ0n) is 19.1. The molecule has 1 unspecified atom stereocenters. The van der Waals surface area contributed by atoms with Crippen LogP contribution < -0.4 is 18.9 Å². The smallest absolute Gasteiger partial charge is 0.513 e. The van der Waals surface area contributed by atoms with Crippen molar-refractivity contribution in [3.63, 3.8) is 0 Å². The molecule has 0 bridgehead atoms. The molecule has 4 nitrogen and oxygen atoms in total. The summed E-state index contributed by atoms with van der Waals surface area (Å²) in [5.41, 5.74) is 5.18. The minimum atomic E-state index is -3.05. The molecule has 0 fully saturated rings. The maximum absolute atomic E-state index is 11.8. The monoisotopic (exact) mass is 462 g/mol. The number of nitrogens with zero attached hydrogens (tertiary/aromatic N) is 2. The second kappa shape index (κ2) is 11.7. The van der Waals surface area contributed by atoms with Gasteiger partial charge < -0.3 is 23.4 Å². The Morgan fingerprint density at radius 1 is 1.19 bits per heavy atom. The third-order valence-electron chi connectivity index (χ3n) is 5.80. The van der Waals surface area contributed by atoms with Crippen LogP contribution in [0.25, 0.3) is 0 Å². The Bertz CT molecular complexity index is 1100. The predicted molar refractivity (Wildman–Crippen MR) is 128 cm³/mol. The normalized spacial score (nSPS) is 18.9. The van der Waals surface area contributed by atoms with Gasteiger partial charge in [0, 0.05) is 12.3 Å². The summed E-state index contributed by atoms with van der Waals surface area (Å²) >= 11 is 6.16. The van der Waals surface area contributed by atoms with Crippen LogP contribution in [0, 0.1) is 13.5 Å². The summed E-state index contributed by atoms with van der Waals surface area (Å²) in [5.74, 6) is 0.117. The molecule has 2 aromatic carbocycles. The van der Waals surface area contributed by atoms with E-state index in [-0.39, 0.29) is 32.0 Å². The second-order valence-corrected chi connectivity index (χ2v) is 10.6. The van der Waals surface area contributed by atoms with Crippen molar-refractivity contribution in [3.05, 3.63) is 88.9 Å². The summed E-state index contributed by atoms with van der Waals surface area (Å²) in [6, 6.07) is 14.0. The van der Waals surface area contributed by atoms with E-state index < -0.39 is 9.84 Å². The van der Waals surface area contributed by atoms with Crippen LogP contribution in [0.3, 0.4) is 0 Å². The standard InChI is InChI=1S/C24H25ClN2O2S.CH3.Li/c1-30(28,29)17-20-7-4-6-18-9-10-22(15-23(18)20)27-13-11-21(12-14-27)26-16-19-5-2-3-8-24(19)25;;/h2-8,22H,9-11,13-15,17H2,1H3;1H3;/q-2;-1;+1. The summed E-state index contributed by atoms with van der Waals surface area (Å²) in [6.45, 7) is 1.65. The first-order chi connectivity index (χ1) is 14.4. The van der Waals surface area contributed by atoms with Gasteiger partial charge in [0.15, 0.2) is 9.84 Å². The average molecular weight is 463 g/mol. The van der Waals surface area contributed by atoms with E-state index in [4.69, 9.17) is 11.6 Å². The van der Waals surface area contributed by atoms with Gasteiger partial charge in [-0.25, -0.2) is 14.1 Å². The van der Waals surface area contributed by atoms with Gasteiger partial charge in [-0.2, -0.15) is 0 Å². The van der Waals surface area contributed by atoms with Crippen molar-refractivity contribution < 1.29 is 27.3 Å². The minimum absolute atomic E-state index is 0. The molecule has 2 aromatic rings. The van der Waals surface area contributed by atoms with Gasteiger partial charge in [-0.3, -0.25) is 0 Å². The molecule has 0 radical (unpaired) electrons. The Labute approximate surface area is 209 Å². The van der Waals surface area contributed by atoms with E-state index in [2.05, 4.69) is 28.2 Å². The Morgan fingerprint density at radius 2 is 1.97 bits per heavy atom. The summed E-state index contributed by atoms with van der Waals surface area (Å²) in [5, 5.41) is 0.644. The molecule has 1 atom stereocenters. The van der Waals surface area contributed by atoms with E-state index in [1.165, 1.54) is 17.4 Å². The van der Waals surface area contributed by atoms with Crippen LogP contribution >= 0.6 is 11.6 Å². The first-order valence-corrected chi connectivity index (χ1v) is 12.7. The van der Waals surface area contributed by atoms with Gasteiger partial charge in [-0.05, 0) is 53.7 Å². The third kappa shape index (κ3) is 6.82. The molecule has 0 spiro atoms. The maximum Gasteiger partial charge on any atom is 1.00 e. The first-order valence-electron chi connectivity index (χ1n) is 10.2. The van der Waals surface area contributed by atoms with Crippen LogP contribution in [0.1, 0.15) is 35.1 Å². The molecule has 4 rings (SSSR count). The number of aryl methyl sites for hydroxylation is 1. The van der Waals surface area contributed by atoms with Crippen LogP contribution in [0.4, 0.5) is 0 Å². The van der Waals surface area contributed by atoms with E-state index in [0.717, 1.165) is 55.6 Å². The number of hydrogen-bond acceptors (Lipinski definition) is 4. The maximum atomic E-state index is 11.8. The molecule has 1 aliphatic carbocycles. The molecule has 0 amide bonds. The Morgan fingerprint density at radius 3 is 2.66 bits per heavy atom. The Balaban J connectivity index is 0.00000181. The van der Waals surface area contributed by atoms with Crippen molar-refractivity contribution in [2.45, 2.75) is 37.5 Å². The van der Waals surface area contributed by atoms with Crippen molar-refractivity contribution in [2.75, 3.05) is 19.3 Å². The van der Waals surface area contributed by atoms with Crippen LogP contribution in [-0.4, -0.2) is 44.9 Å². The third-order valence-corrected chi connectivity index (χ3v) is 6.96. The molecule has 166 valence electrons.